The van der Waals surface area contributed by atoms with Crippen LogP contribution in [0.15, 0.2) is 36.5 Å². The highest BCUT2D eigenvalue weighted by Crippen LogP contribution is 2.29. The van der Waals surface area contributed by atoms with Crippen molar-refractivity contribution in [3.05, 3.63) is 48.0 Å². The summed E-state index contributed by atoms with van der Waals surface area (Å²) >= 11 is 0. The van der Waals surface area contributed by atoms with Crippen molar-refractivity contribution in [2.24, 2.45) is 0 Å². The van der Waals surface area contributed by atoms with Crippen LogP contribution in [-0.2, 0) is 6.54 Å². The van der Waals surface area contributed by atoms with Crippen molar-refractivity contribution in [2.45, 2.75) is 25.7 Å². The molecule has 25 heavy (non-hydrogen) atoms. The first-order valence-electron chi connectivity index (χ1n) is 7.35. The molecule has 132 valence electrons. The minimum Gasteiger partial charge on any atom is -0.382 e. The van der Waals surface area contributed by atoms with Crippen LogP contribution >= 0.6 is 0 Å². The van der Waals surface area contributed by atoms with Crippen molar-refractivity contribution in [2.75, 3.05) is 5.32 Å². The molecule has 0 radical (unpaired) electrons. The van der Waals surface area contributed by atoms with E-state index >= 15 is 0 Å². The number of pyridine rings is 1. The fourth-order valence-electron chi connectivity index (χ4n) is 2.39. The molecule has 2 heterocycles. The van der Waals surface area contributed by atoms with Gasteiger partial charge in [-0.05, 0) is 37.3 Å². The highest BCUT2D eigenvalue weighted by Gasteiger charge is 2.38. The van der Waals surface area contributed by atoms with E-state index in [9.17, 15) is 22.7 Å². The third kappa shape index (κ3) is 3.55. The number of rotatable bonds is 4. The summed E-state index contributed by atoms with van der Waals surface area (Å²) in [6.07, 6.45) is -5.75. The van der Waals surface area contributed by atoms with Crippen LogP contribution in [0.25, 0.3) is 10.9 Å². The Balaban J connectivity index is 2.04. The van der Waals surface area contributed by atoms with Gasteiger partial charge in [0.15, 0.2) is 11.9 Å². The summed E-state index contributed by atoms with van der Waals surface area (Å²) in [6.45, 7) is 0.953. The van der Waals surface area contributed by atoms with Gasteiger partial charge in [0.1, 0.15) is 5.82 Å². The van der Waals surface area contributed by atoms with Crippen molar-refractivity contribution in [3.63, 3.8) is 0 Å². The van der Waals surface area contributed by atoms with Crippen LogP contribution in [0.4, 0.5) is 29.1 Å². The number of hydrogen-bond donors (Lipinski definition) is 2. The number of benzene rings is 1. The predicted molar refractivity (Wildman–Crippen MR) is 84.0 cm³/mol. The number of aryl methyl sites for hydroxylation is 1. The number of nitrogens with zero attached hydrogens (tertiary/aromatic N) is 3. The first-order chi connectivity index (χ1) is 11.8. The van der Waals surface area contributed by atoms with Gasteiger partial charge >= 0.3 is 6.18 Å². The van der Waals surface area contributed by atoms with Gasteiger partial charge in [-0.15, -0.1) is 0 Å². The molecule has 1 atom stereocenters. The van der Waals surface area contributed by atoms with Gasteiger partial charge in [-0.3, -0.25) is 9.67 Å². The Morgan fingerprint density at radius 2 is 2.04 bits per heavy atom. The summed E-state index contributed by atoms with van der Waals surface area (Å²) in [6, 6.07) is 7.02. The Morgan fingerprint density at radius 1 is 1.28 bits per heavy atom. The van der Waals surface area contributed by atoms with E-state index in [4.69, 9.17) is 0 Å². The molecule has 0 aliphatic heterocycles. The van der Waals surface area contributed by atoms with Crippen LogP contribution in [0, 0.1) is 12.7 Å². The Labute approximate surface area is 139 Å². The lowest BCUT2D eigenvalue weighted by Crippen LogP contribution is -2.33. The second-order valence-corrected chi connectivity index (χ2v) is 5.51. The van der Waals surface area contributed by atoms with Gasteiger partial charge < -0.3 is 10.4 Å². The molecule has 1 aromatic carbocycles. The molecule has 1 unspecified atom stereocenters. The second kappa shape index (κ2) is 6.32. The van der Waals surface area contributed by atoms with E-state index < -0.39 is 24.6 Å². The lowest BCUT2D eigenvalue weighted by molar-refractivity contribution is -0.207. The van der Waals surface area contributed by atoms with Crippen molar-refractivity contribution >= 4 is 22.4 Å². The van der Waals surface area contributed by atoms with Crippen LogP contribution in [0.3, 0.4) is 0 Å². The summed E-state index contributed by atoms with van der Waals surface area (Å²) in [5, 5.41) is 16.6. The molecule has 3 rings (SSSR count). The third-order valence-electron chi connectivity index (χ3n) is 3.70. The average Bonchev–Trinajstić information content (AvgIpc) is 2.86. The molecule has 0 spiro atoms. The summed E-state index contributed by atoms with van der Waals surface area (Å²) in [7, 11) is 0. The van der Waals surface area contributed by atoms with Gasteiger partial charge in [0.05, 0.1) is 23.4 Å². The maximum atomic E-state index is 13.6. The molecule has 0 fully saturated rings. The molecule has 3 aromatic rings. The molecule has 0 amide bonds. The second-order valence-electron chi connectivity index (χ2n) is 5.51. The number of fused-ring (bicyclic) bond motifs is 1. The third-order valence-corrected chi connectivity index (χ3v) is 3.70. The zero-order chi connectivity index (χ0) is 18.2. The molecule has 2 N–H and O–H groups in total. The van der Waals surface area contributed by atoms with Crippen molar-refractivity contribution < 1.29 is 22.7 Å². The molecule has 5 nitrogen and oxygen atoms in total. The molecule has 9 heteroatoms. The van der Waals surface area contributed by atoms with Crippen molar-refractivity contribution in [3.8, 4) is 0 Å². The number of anilines is 2. The van der Waals surface area contributed by atoms with Crippen molar-refractivity contribution in [1.29, 1.82) is 0 Å². The normalized spacial score (nSPS) is 13.2. The molecule has 0 aliphatic carbocycles. The van der Waals surface area contributed by atoms with E-state index in [2.05, 4.69) is 15.4 Å². The summed E-state index contributed by atoms with van der Waals surface area (Å²) < 4.78 is 52.5. The van der Waals surface area contributed by atoms with E-state index in [1.807, 2.05) is 0 Å². The summed E-state index contributed by atoms with van der Waals surface area (Å²) in [4.78, 5) is 4.10. The van der Waals surface area contributed by atoms with E-state index in [0.717, 1.165) is 10.7 Å². The lowest BCUT2D eigenvalue weighted by Gasteiger charge is -2.14. The first kappa shape index (κ1) is 17.2. The minimum atomic E-state index is -4.77. The number of hydrogen-bond acceptors (Lipinski definition) is 4. The Morgan fingerprint density at radius 3 is 2.72 bits per heavy atom. The number of aliphatic hydroxyl groups is 1. The molecule has 2 aromatic heterocycles. The highest BCUT2D eigenvalue weighted by atomic mass is 19.4. The van der Waals surface area contributed by atoms with Crippen molar-refractivity contribution in [1.82, 2.24) is 14.8 Å². The molecule has 0 bridgehead atoms. The van der Waals surface area contributed by atoms with Crippen LogP contribution in [0.1, 0.15) is 5.69 Å². The Kier molecular flexibility index (Phi) is 4.34. The van der Waals surface area contributed by atoms with E-state index in [0.29, 0.717) is 16.8 Å². The van der Waals surface area contributed by atoms with Gasteiger partial charge in [0.2, 0.25) is 0 Å². The SMILES string of the molecule is Cc1ncccc1Nc1nn(CC(O)C(F)(F)F)c2ccc(F)cc12. The highest BCUT2D eigenvalue weighted by molar-refractivity contribution is 5.92. The zero-order valence-corrected chi connectivity index (χ0v) is 13.0. The molecule has 0 saturated heterocycles. The standard InChI is InChI=1S/C16H14F4N4O/c1-9-12(3-2-6-21-9)22-15-11-7-10(17)4-5-13(11)24(23-15)8-14(25)16(18,19)20/h2-7,14,25H,8H2,1H3,(H,22,23). The summed E-state index contributed by atoms with van der Waals surface area (Å²) in [5.41, 5.74) is 1.51. The number of aromatic nitrogens is 3. The predicted octanol–water partition coefficient (Wildman–Crippen LogP) is 3.55. The largest absolute Gasteiger partial charge is 0.416 e. The van der Waals surface area contributed by atoms with Crippen LogP contribution < -0.4 is 5.32 Å². The molecular weight excluding hydrogens is 340 g/mol. The number of halogens is 4. The smallest absolute Gasteiger partial charge is 0.382 e. The number of nitrogens with one attached hydrogen (secondary N) is 1. The number of aliphatic hydroxyl groups excluding tert-OH is 1. The number of alkyl halides is 3. The Bertz CT molecular complexity index is 907. The topological polar surface area (TPSA) is 63.0 Å². The monoisotopic (exact) mass is 354 g/mol. The molecule has 0 saturated carbocycles. The van der Waals surface area contributed by atoms with Gasteiger partial charge in [-0.25, -0.2) is 4.39 Å². The summed E-state index contributed by atoms with van der Waals surface area (Å²) in [5.74, 6) is -0.366. The lowest BCUT2D eigenvalue weighted by atomic mass is 10.2. The Hall–Kier alpha value is -2.68. The fourth-order valence-corrected chi connectivity index (χ4v) is 2.39. The fraction of sp³-hybridized carbons (Fsp3) is 0.250. The van der Waals surface area contributed by atoms with Crippen LogP contribution in [-0.4, -0.2) is 32.2 Å². The molecule has 0 aliphatic rings. The van der Waals surface area contributed by atoms with Crippen LogP contribution in [0.5, 0.6) is 0 Å². The zero-order valence-electron chi connectivity index (χ0n) is 13.0. The average molecular weight is 354 g/mol. The van der Waals surface area contributed by atoms with Gasteiger partial charge in [0, 0.05) is 11.6 Å². The molecular formula is C16H14F4N4O. The van der Waals surface area contributed by atoms with E-state index in [1.54, 1.807) is 25.3 Å². The van der Waals surface area contributed by atoms with E-state index in [-0.39, 0.29) is 11.3 Å². The maximum absolute atomic E-state index is 13.6. The van der Waals surface area contributed by atoms with Gasteiger partial charge in [0.25, 0.3) is 0 Å². The first-order valence-corrected chi connectivity index (χ1v) is 7.35. The maximum Gasteiger partial charge on any atom is 0.416 e. The minimum absolute atomic E-state index is 0.181. The van der Waals surface area contributed by atoms with Crippen LogP contribution in [0.2, 0.25) is 0 Å². The quantitative estimate of drug-likeness (QED) is 0.704. The van der Waals surface area contributed by atoms with Gasteiger partial charge in [-0.2, -0.15) is 18.3 Å². The van der Waals surface area contributed by atoms with Gasteiger partial charge in [-0.1, -0.05) is 0 Å². The van der Waals surface area contributed by atoms with E-state index in [1.165, 1.54) is 12.1 Å².